The molecule has 19 heavy (non-hydrogen) atoms. The summed E-state index contributed by atoms with van der Waals surface area (Å²) in [6.45, 7) is 2.41. The number of ether oxygens (including phenoxy) is 1. The van der Waals surface area contributed by atoms with Gasteiger partial charge in [-0.25, -0.2) is 0 Å². The molecule has 0 radical (unpaired) electrons. The lowest BCUT2D eigenvalue weighted by Gasteiger charge is -2.11. The minimum Gasteiger partial charge on any atom is -0.494 e. The summed E-state index contributed by atoms with van der Waals surface area (Å²) in [4.78, 5) is 11.6. The first-order chi connectivity index (χ1) is 9.34. The van der Waals surface area contributed by atoms with E-state index >= 15 is 0 Å². The maximum Gasteiger partial charge on any atom is 0.220 e. The summed E-state index contributed by atoms with van der Waals surface area (Å²) in [5.74, 6) is 0.975. The molecule has 0 saturated carbocycles. The van der Waals surface area contributed by atoms with Crippen LogP contribution in [0.25, 0.3) is 0 Å². The van der Waals surface area contributed by atoms with Crippen LogP contribution in [0, 0.1) is 0 Å². The van der Waals surface area contributed by atoms with Crippen LogP contribution in [0.5, 0.6) is 5.75 Å². The zero-order valence-electron chi connectivity index (χ0n) is 11.2. The van der Waals surface area contributed by atoms with E-state index in [9.17, 15) is 4.79 Å². The third kappa shape index (κ3) is 5.30. The van der Waals surface area contributed by atoms with Gasteiger partial charge in [-0.15, -0.1) is 0 Å². The van der Waals surface area contributed by atoms with Crippen LogP contribution in [0.4, 0.5) is 0 Å². The van der Waals surface area contributed by atoms with Crippen LogP contribution in [0.15, 0.2) is 30.3 Å². The fourth-order valence-corrected chi connectivity index (χ4v) is 2.20. The highest BCUT2D eigenvalue weighted by Crippen LogP contribution is 2.08. The van der Waals surface area contributed by atoms with E-state index in [1.807, 2.05) is 30.3 Å². The van der Waals surface area contributed by atoms with Gasteiger partial charge in [-0.2, -0.15) is 0 Å². The van der Waals surface area contributed by atoms with Crippen LogP contribution in [0.3, 0.4) is 0 Å². The first-order valence-electron chi connectivity index (χ1n) is 7.02. The van der Waals surface area contributed by atoms with E-state index in [-0.39, 0.29) is 5.91 Å². The van der Waals surface area contributed by atoms with E-state index in [0.29, 0.717) is 19.1 Å². The molecule has 0 spiro atoms. The third-order valence-electron chi connectivity index (χ3n) is 3.27. The van der Waals surface area contributed by atoms with E-state index in [1.165, 1.54) is 6.42 Å². The topological polar surface area (TPSA) is 50.4 Å². The average molecular weight is 262 g/mol. The van der Waals surface area contributed by atoms with Crippen molar-refractivity contribution in [1.29, 1.82) is 0 Å². The van der Waals surface area contributed by atoms with Crippen molar-refractivity contribution in [2.75, 3.05) is 19.7 Å². The molecule has 1 amide bonds. The van der Waals surface area contributed by atoms with Crippen LogP contribution >= 0.6 is 0 Å². The van der Waals surface area contributed by atoms with Gasteiger partial charge in [-0.3, -0.25) is 4.79 Å². The number of hydrogen-bond acceptors (Lipinski definition) is 3. The van der Waals surface area contributed by atoms with Gasteiger partial charge in [-0.05, 0) is 37.9 Å². The van der Waals surface area contributed by atoms with Crippen molar-refractivity contribution in [3.8, 4) is 5.75 Å². The molecule has 1 aliphatic rings. The van der Waals surface area contributed by atoms with E-state index in [0.717, 1.165) is 31.7 Å². The SMILES string of the molecule is O=C(CCCOc1ccccc1)NCC1CCCN1. The summed E-state index contributed by atoms with van der Waals surface area (Å²) in [5, 5.41) is 6.33. The molecule has 2 N–H and O–H groups in total. The van der Waals surface area contributed by atoms with Gasteiger partial charge in [0.05, 0.1) is 6.61 Å². The highest BCUT2D eigenvalue weighted by molar-refractivity contribution is 5.75. The summed E-state index contributed by atoms with van der Waals surface area (Å²) in [6, 6.07) is 10.1. The summed E-state index contributed by atoms with van der Waals surface area (Å²) in [7, 11) is 0. The van der Waals surface area contributed by atoms with Crippen molar-refractivity contribution >= 4 is 5.91 Å². The zero-order chi connectivity index (χ0) is 13.3. The van der Waals surface area contributed by atoms with Gasteiger partial charge in [0.1, 0.15) is 5.75 Å². The number of nitrogens with one attached hydrogen (secondary N) is 2. The molecule has 1 saturated heterocycles. The molecule has 0 aromatic heterocycles. The Hall–Kier alpha value is -1.55. The van der Waals surface area contributed by atoms with Crippen LogP contribution in [-0.2, 0) is 4.79 Å². The average Bonchev–Trinajstić information content (AvgIpc) is 2.96. The number of benzene rings is 1. The maximum absolute atomic E-state index is 11.6. The first-order valence-corrected chi connectivity index (χ1v) is 7.02. The number of amides is 1. The second-order valence-corrected chi connectivity index (χ2v) is 4.86. The summed E-state index contributed by atoms with van der Waals surface area (Å²) in [6.07, 6.45) is 3.65. The summed E-state index contributed by atoms with van der Waals surface area (Å²) >= 11 is 0. The Morgan fingerprint density at radius 1 is 1.37 bits per heavy atom. The van der Waals surface area contributed by atoms with Crippen molar-refractivity contribution in [3.63, 3.8) is 0 Å². The third-order valence-corrected chi connectivity index (χ3v) is 3.27. The van der Waals surface area contributed by atoms with Gasteiger partial charge in [0.15, 0.2) is 0 Å². The first kappa shape index (κ1) is 13.9. The van der Waals surface area contributed by atoms with Crippen molar-refractivity contribution in [2.24, 2.45) is 0 Å². The monoisotopic (exact) mass is 262 g/mol. The molecule has 4 nitrogen and oxygen atoms in total. The molecular formula is C15H22N2O2. The molecule has 1 heterocycles. The van der Waals surface area contributed by atoms with E-state index < -0.39 is 0 Å². The lowest BCUT2D eigenvalue weighted by molar-refractivity contribution is -0.121. The van der Waals surface area contributed by atoms with Crippen molar-refractivity contribution in [3.05, 3.63) is 30.3 Å². The Bertz CT molecular complexity index is 375. The van der Waals surface area contributed by atoms with Gasteiger partial charge >= 0.3 is 0 Å². The van der Waals surface area contributed by atoms with Crippen molar-refractivity contribution in [1.82, 2.24) is 10.6 Å². The normalized spacial score (nSPS) is 18.2. The van der Waals surface area contributed by atoms with Gasteiger partial charge in [0.25, 0.3) is 0 Å². The minimum atomic E-state index is 0.116. The Labute approximate surface area is 114 Å². The smallest absolute Gasteiger partial charge is 0.220 e. The van der Waals surface area contributed by atoms with Crippen LogP contribution in [0.1, 0.15) is 25.7 Å². The number of para-hydroxylation sites is 1. The van der Waals surface area contributed by atoms with E-state index in [1.54, 1.807) is 0 Å². The molecular weight excluding hydrogens is 240 g/mol. The van der Waals surface area contributed by atoms with Crippen LogP contribution in [-0.4, -0.2) is 31.6 Å². The molecule has 0 aliphatic carbocycles. The van der Waals surface area contributed by atoms with E-state index in [4.69, 9.17) is 4.74 Å². The second-order valence-electron chi connectivity index (χ2n) is 4.86. The van der Waals surface area contributed by atoms with Crippen molar-refractivity contribution < 1.29 is 9.53 Å². The highest BCUT2D eigenvalue weighted by Gasteiger charge is 2.14. The molecule has 2 rings (SSSR count). The van der Waals surface area contributed by atoms with Crippen LogP contribution < -0.4 is 15.4 Å². The molecule has 1 aromatic rings. The number of rotatable bonds is 7. The largest absolute Gasteiger partial charge is 0.494 e. The molecule has 1 atom stereocenters. The molecule has 1 fully saturated rings. The molecule has 1 aliphatic heterocycles. The predicted molar refractivity (Wildman–Crippen MR) is 75.2 cm³/mol. The summed E-state index contributed by atoms with van der Waals surface area (Å²) < 4.78 is 5.54. The second kappa shape index (κ2) is 7.79. The quantitative estimate of drug-likeness (QED) is 0.736. The molecule has 1 unspecified atom stereocenters. The minimum absolute atomic E-state index is 0.116. The van der Waals surface area contributed by atoms with Gasteiger partial charge in [-0.1, -0.05) is 18.2 Å². The summed E-state index contributed by atoms with van der Waals surface area (Å²) in [5.41, 5.74) is 0. The van der Waals surface area contributed by atoms with Crippen molar-refractivity contribution in [2.45, 2.75) is 31.7 Å². The fourth-order valence-electron chi connectivity index (χ4n) is 2.20. The van der Waals surface area contributed by atoms with Crippen LogP contribution in [0.2, 0.25) is 0 Å². The highest BCUT2D eigenvalue weighted by atomic mass is 16.5. The lowest BCUT2D eigenvalue weighted by Crippen LogP contribution is -2.37. The predicted octanol–water partition coefficient (Wildman–Crippen LogP) is 1.71. The number of hydrogen-bond donors (Lipinski definition) is 2. The Kier molecular flexibility index (Phi) is 5.69. The fraction of sp³-hybridized carbons (Fsp3) is 0.533. The lowest BCUT2D eigenvalue weighted by atomic mass is 10.2. The molecule has 0 bridgehead atoms. The van der Waals surface area contributed by atoms with Gasteiger partial charge in [0, 0.05) is 19.0 Å². The number of carbonyl (C=O) groups is 1. The number of carbonyl (C=O) groups excluding carboxylic acids is 1. The Morgan fingerprint density at radius 3 is 2.95 bits per heavy atom. The molecule has 1 aromatic carbocycles. The van der Waals surface area contributed by atoms with E-state index in [2.05, 4.69) is 10.6 Å². The van der Waals surface area contributed by atoms with Gasteiger partial charge in [0.2, 0.25) is 5.91 Å². The standard InChI is InChI=1S/C15H22N2O2/c18-15(17-12-13-6-4-10-16-13)9-5-11-19-14-7-2-1-3-8-14/h1-3,7-8,13,16H,4-6,9-12H2,(H,17,18). The maximum atomic E-state index is 11.6. The zero-order valence-corrected chi connectivity index (χ0v) is 11.2. The molecule has 4 heteroatoms. The van der Waals surface area contributed by atoms with Gasteiger partial charge < -0.3 is 15.4 Å². The molecule has 104 valence electrons. The Morgan fingerprint density at radius 2 is 2.21 bits per heavy atom. The Balaban J connectivity index is 1.51.